The largest absolute Gasteiger partial charge is 0.496 e. The van der Waals surface area contributed by atoms with Gasteiger partial charge >= 0.3 is 5.97 Å². The Labute approximate surface area is 166 Å². The number of carbonyl (C=O) groups is 1. The van der Waals surface area contributed by atoms with E-state index in [9.17, 15) is 14.3 Å². The monoisotopic (exact) mass is 397 g/mol. The molecule has 1 aliphatic heterocycles. The maximum atomic E-state index is 13.9. The van der Waals surface area contributed by atoms with Gasteiger partial charge in [0.2, 0.25) is 0 Å². The summed E-state index contributed by atoms with van der Waals surface area (Å²) in [4.78, 5) is 18.9. The number of ether oxygens (including phenoxy) is 2. The van der Waals surface area contributed by atoms with Gasteiger partial charge in [0, 0.05) is 17.7 Å². The van der Waals surface area contributed by atoms with Gasteiger partial charge in [-0.2, -0.15) is 0 Å². The minimum atomic E-state index is -0.924. The van der Waals surface area contributed by atoms with Crippen LogP contribution in [0.1, 0.15) is 28.6 Å². The second-order valence-corrected chi connectivity index (χ2v) is 6.75. The number of aliphatic carboxylic acids is 1. The molecule has 8 heteroatoms. The number of aromatic amines is 1. The van der Waals surface area contributed by atoms with Gasteiger partial charge in [0.15, 0.2) is 11.6 Å². The molecule has 1 aliphatic rings. The third-order valence-corrected chi connectivity index (χ3v) is 4.96. The number of carboxylic acids is 1. The molecular weight excluding hydrogens is 377 g/mol. The van der Waals surface area contributed by atoms with Crippen molar-refractivity contribution in [2.24, 2.45) is 0 Å². The zero-order valence-electron chi connectivity index (χ0n) is 15.7. The van der Waals surface area contributed by atoms with E-state index in [1.165, 1.54) is 6.07 Å². The van der Waals surface area contributed by atoms with E-state index in [-0.39, 0.29) is 12.4 Å². The zero-order valence-corrected chi connectivity index (χ0v) is 15.7. The smallest absolute Gasteiger partial charge is 0.321 e. The first-order valence-electron chi connectivity index (χ1n) is 9.12. The molecule has 2 atom stereocenters. The van der Waals surface area contributed by atoms with Gasteiger partial charge in [-0.05, 0) is 29.8 Å². The Morgan fingerprint density at radius 3 is 2.86 bits per heavy atom. The van der Waals surface area contributed by atoms with E-state index in [4.69, 9.17) is 9.47 Å². The lowest BCUT2D eigenvalue weighted by molar-refractivity contribution is -0.139. The van der Waals surface area contributed by atoms with Crippen molar-refractivity contribution in [3.05, 3.63) is 77.1 Å². The average molecular weight is 397 g/mol. The van der Waals surface area contributed by atoms with E-state index < -0.39 is 23.9 Å². The molecule has 1 aromatic heterocycles. The highest BCUT2D eigenvalue weighted by molar-refractivity contribution is 5.74. The molecule has 0 amide bonds. The molecule has 4 rings (SSSR count). The number of carboxylic acid groups (broad SMARTS) is 1. The molecule has 3 aromatic rings. The van der Waals surface area contributed by atoms with Crippen molar-refractivity contribution in [3.63, 3.8) is 0 Å². The van der Waals surface area contributed by atoms with E-state index in [2.05, 4.69) is 15.3 Å². The van der Waals surface area contributed by atoms with E-state index in [1.807, 2.05) is 12.1 Å². The fourth-order valence-electron chi connectivity index (χ4n) is 3.51. The summed E-state index contributed by atoms with van der Waals surface area (Å²) >= 11 is 0. The number of aromatic nitrogens is 2. The molecule has 150 valence electrons. The molecule has 2 aromatic carbocycles. The Kier molecular flexibility index (Phi) is 5.18. The first-order chi connectivity index (χ1) is 14.1. The molecule has 2 heterocycles. The summed E-state index contributed by atoms with van der Waals surface area (Å²) in [5, 5.41) is 12.6. The molecule has 0 saturated heterocycles. The Morgan fingerprint density at radius 2 is 2.10 bits per heavy atom. The van der Waals surface area contributed by atoms with Gasteiger partial charge in [0.1, 0.15) is 18.4 Å². The lowest BCUT2D eigenvalue weighted by Gasteiger charge is -2.28. The van der Waals surface area contributed by atoms with Crippen LogP contribution >= 0.6 is 0 Å². The van der Waals surface area contributed by atoms with Crippen LogP contribution in [0.15, 0.2) is 48.8 Å². The van der Waals surface area contributed by atoms with Crippen LogP contribution in [0.2, 0.25) is 0 Å². The van der Waals surface area contributed by atoms with Crippen molar-refractivity contribution in [2.75, 3.05) is 7.11 Å². The number of nitrogens with zero attached hydrogens (tertiary/aromatic N) is 1. The number of nitrogens with one attached hydrogen (secondary N) is 2. The molecule has 0 fully saturated rings. The lowest BCUT2D eigenvalue weighted by atomic mass is 9.93. The second kappa shape index (κ2) is 7.92. The van der Waals surface area contributed by atoms with Crippen molar-refractivity contribution in [1.82, 2.24) is 15.3 Å². The molecule has 7 nitrogen and oxygen atoms in total. The molecule has 0 spiro atoms. The SMILES string of the molecule is COc1ccc([C@@H]2N[C@@H](C(=O)O)Cc3[nH]cnc32)cc1COc1ccccc1F. The highest BCUT2D eigenvalue weighted by Gasteiger charge is 2.33. The number of hydrogen-bond acceptors (Lipinski definition) is 5. The summed E-state index contributed by atoms with van der Waals surface area (Å²) < 4.78 is 24.9. The van der Waals surface area contributed by atoms with Crippen molar-refractivity contribution in [3.8, 4) is 11.5 Å². The van der Waals surface area contributed by atoms with Crippen molar-refractivity contribution < 1.29 is 23.8 Å². The summed E-state index contributed by atoms with van der Waals surface area (Å²) in [5.41, 5.74) is 3.08. The number of para-hydroxylation sites is 1. The Hall–Kier alpha value is -3.39. The number of rotatable bonds is 6. The van der Waals surface area contributed by atoms with Crippen molar-refractivity contribution >= 4 is 5.97 Å². The summed E-state index contributed by atoms with van der Waals surface area (Å²) in [6.07, 6.45) is 1.90. The van der Waals surface area contributed by atoms with Crippen LogP contribution in [-0.4, -0.2) is 34.2 Å². The van der Waals surface area contributed by atoms with Crippen molar-refractivity contribution in [2.45, 2.75) is 25.1 Å². The van der Waals surface area contributed by atoms with Gasteiger partial charge in [-0.3, -0.25) is 10.1 Å². The van der Waals surface area contributed by atoms with Gasteiger partial charge in [0.25, 0.3) is 0 Å². The van der Waals surface area contributed by atoms with E-state index >= 15 is 0 Å². The molecule has 0 bridgehead atoms. The number of hydrogen-bond donors (Lipinski definition) is 3. The fourth-order valence-corrected chi connectivity index (χ4v) is 3.51. The van der Waals surface area contributed by atoms with Crippen LogP contribution < -0.4 is 14.8 Å². The van der Waals surface area contributed by atoms with Crippen LogP contribution in [-0.2, 0) is 17.8 Å². The number of halogens is 1. The van der Waals surface area contributed by atoms with Crippen LogP contribution in [0.5, 0.6) is 11.5 Å². The maximum Gasteiger partial charge on any atom is 0.321 e. The van der Waals surface area contributed by atoms with Gasteiger partial charge in [-0.15, -0.1) is 0 Å². The quantitative estimate of drug-likeness (QED) is 0.592. The molecule has 0 aliphatic carbocycles. The first-order valence-corrected chi connectivity index (χ1v) is 9.12. The molecule has 29 heavy (non-hydrogen) atoms. The number of fused-ring (bicyclic) bond motifs is 1. The Balaban J connectivity index is 1.64. The summed E-state index contributed by atoms with van der Waals surface area (Å²) in [6.45, 7) is 0.0977. The maximum absolute atomic E-state index is 13.9. The molecule has 3 N–H and O–H groups in total. The highest BCUT2D eigenvalue weighted by Crippen LogP contribution is 2.32. The average Bonchev–Trinajstić information content (AvgIpc) is 3.21. The van der Waals surface area contributed by atoms with Crippen LogP contribution in [0.25, 0.3) is 0 Å². The normalized spacial score (nSPS) is 18.1. The summed E-state index contributed by atoms with van der Waals surface area (Å²) in [7, 11) is 1.55. The Morgan fingerprint density at radius 1 is 1.28 bits per heavy atom. The summed E-state index contributed by atoms with van der Waals surface area (Å²) in [5.74, 6) is -0.622. The number of methoxy groups -OCH3 is 1. The molecule has 0 saturated carbocycles. The van der Waals surface area contributed by atoms with Crippen LogP contribution in [0.4, 0.5) is 4.39 Å². The fraction of sp³-hybridized carbons (Fsp3) is 0.238. The first kappa shape index (κ1) is 18.9. The molecule has 0 unspecified atom stereocenters. The number of H-pyrrole nitrogens is 1. The predicted octanol–water partition coefficient (Wildman–Crippen LogP) is 2.82. The van der Waals surface area contributed by atoms with Gasteiger partial charge in [0.05, 0.1) is 25.2 Å². The van der Waals surface area contributed by atoms with Gasteiger partial charge in [-0.1, -0.05) is 18.2 Å². The molecule has 0 radical (unpaired) electrons. The third-order valence-electron chi connectivity index (χ3n) is 4.96. The highest BCUT2D eigenvalue weighted by atomic mass is 19.1. The Bertz CT molecular complexity index is 1040. The number of benzene rings is 2. The minimum absolute atomic E-state index is 0.0977. The lowest BCUT2D eigenvalue weighted by Crippen LogP contribution is -2.45. The third kappa shape index (κ3) is 3.79. The minimum Gasteiger partial charge on any atom is -0.496 e. The van der Waals surface area contributed by atoms with Crippen LogP contribution in [0.3, 0.4) is 0 Å². The zero-order chi connectivity index (χ0) is 20.4. The molecular formula is C21H20FN3O4. The van der Waals surface area contributed by atoms with E-state index in [1.54, 1.807) is 37.7 Å². The summed E-state index contributed by atoms with van der Waals surface area (Å²) in [6, 6.07) is 10.6. The van der Waals surface area contributed by atoms with E-state index in [0.717, 1.165) is 17.0 Å². The topological polar surface area (TPSA) is 96.5 Å². The number of imidazole rings is 1. The second-order valence-electron chi connectivity index (χ2n) is 6.75. The van der Waals surface area contributed by atoms with Crippen molar-refractivity contribution in [1.29, 1.82) is 0 Å². The van der Waals surface area contributed by atoms with E-state index in [0.29, 0.717) is 17.7 Å². The standard InChI is InChI=1S/C21H20FN3O4/c1-28-17-7-6-12(8-13(17)10-29-18-5-3-2-4-14(18)22)19-20-15(23-11-24-20)9-16(25-19)21(26)27/h2-8,11,16,19,25H,9-10H2,1H3,(H,23,24)(H,26,27)/t16-,19+/m1/s1. The van der Waals surface area contributed by atoms with Crippen LogP contribution in [0, 0.1) is 5.82 Å². The van der Waals surface area contributed by atoms with Gasteiger partial charge in [-0.25, -0.2) is 9.37 Å². The predicted molar refractivity (Wildman–Crippen MR) is 102 cm³/mol. The van der Waals surface area contributed by atoms with Gasteiger partial charge < -0.3 is 19.6 Å².